The van der Waals surface area contributed by atoms with Gasteiger partial charge in [-0.1, -0.05) is 6.07 Å². The van der Waals surface area contributed by atoms with E-state index in [1.54, 1.807) is 48.6 Å². The lowest BCUT2D eigenvalue weighted by molar-refractivity contribution is -0.143. The number of aryl methyl sites for hydroxylation is 1. The smallest absolute Gasteiger partial charge is 0.307 e. The molecular formula is C20H26N4O4. The topological polar surface area (TPSA) is 93.5 Å². The highest BCUT2D eigenvalue weighted by Crippen LogP contribution is 2.14. The summed E-state index contributed by atoms with van der Waals surface area (Å²) < 4.78 is 6.90. The molecule has 1 aromatic carbocycles. The molecule has 0 bridgehead atoms. The number of hydrogen-bond acceptors (Lipinski definition) is 5. The molecule has 0 aliphatic carbocycles. The Kier molecular flexibility index (Phi) is 8.20. The van der Waals surface area contributed by atoms with Crippen LogP contribution in [0.2, 0.25) is 0 Å². The number of amides is 2. The Balaban J connectivity index is 2.05. The molecule has 1 N–H and O–H groups in total. The molecule has 1 aromatic heterocycles. The highest BCUT2D eigenvalue weighted by Gasteiger charge is 2.18. The third kappa shape index (κ3) is 6.86. The van der Waals surface area contributed by atoms with Gasteiger partial charge in [0.2, 0.25) is 5.91 Å². The highest BCUT2D eigenvalue weighted by atomic mass is 16.5. The fraction of sp³-hybridized carbons (Fsp3) is 0.400. The molecule has 1 heterocycles. The minimum absolute atomic E-state index is 0.135. The van der Waals surface area contributed by atoms with Crippen LogP contribution in [0.15, 0.2) is 43.0 Å². The molecule has 150 valence electrons. The summed E-state index contributed by atoms with van der Waals surface area (Å²) in [5.74, 6) is -0.729. The lowest BCUT2D eigenvalue weighted by Crippen LogP contribution is -2.34. The van der Waals surface area contributed by atoms with Crippen LogP contribution in [0.25, 0.3) is 0 Å². The van der Waals surface area contributed by atoms with E-state index in [-0.39, 0.29) is 30.7 Å². The number of anilines is 1. The molecule has 0 atom stereocenters. The molecule has 0 aliphatic heterocycles. The first-order chi connectivity index (χ1) is 13.5. The van der Waals surface area contributed by atoms with Gasteiger partial charge in [0, 0.05) is 50.2 Å². The van der Waals surface area contributed by atoms with E-state index in [2.05, 4.69) is 10.3 Å². The average Bonchev–Trinajstić information content (AvgIpc) is 3.17. The lowest BCUT2D eigenvalue weighted by Gasteiger charge is -2.23. The molecule has 2 amide bonds. The van der Waals surface area contributed by atoms with Crippen molar-refractivity contribution in [2.24, 2.45) is 0 Å². The van der Waals surface area contributed by atoms with E-state index in [0.29, 0.717) is 24.4 Å². The quantitative estimate of drug-likeness (QED) is 0.633. The van der Waals surface area contributed by atoms with E-state index in [1.165, 1.54) is 6.92 Å². The molecule has 0 saturated heterocycles. The van der Waals surface area contributed by atoms with Crippen LogP contribution in [0.3, 0.4) is 0 Å². The predicted octanol–water partition coefficient (Wildman–Crippen LogP) is 2.33. The number of hydrogen-bond donors (Lipinski definition) is 1. The summed E-state index contributed by atoms with van der Waals surface area (Å²) in [6, 6.07) is 6.77. The Morgan fingerprint density at radius 1 is 1.25 bits per heavy atom. The van der Waals surface area contributed by atoms with Crippen LogP contribution in [0.4, 0.5) is 5.69 Å². The average molecular weight is 386 g/mol. The van der Waals surface area contributed by atoms with Crippen molar-refractivity contribution in [2.45, 2.75) is 33.2 Å². The summed E-state index contributed by atoms with van der Waals surface area (Å²) in [6.07, 6.45) is 6.15. The SMILES string of the molecule is CCOC(=O)CCN(CCCn1ccnc1)C(=O)c1cccc(NC(C)=O)c1. The first kappa shape index (κ1) is 21.1. The number of nitrogens with zero attached hydrogens (tertiary/aromatic N) is 3. The van der Waals surface area contributed by atoms with Gasteiger partial charge in [-0.15, -0.1) is 0 Å². The number of nitrogens with one attached hydrogen (secondary N) is 1. The van der Waals surface area contributed by atoms with Crippen LogP contribution in [0, 0.1) is 0 Å². The number of carbonyl (C=O) groups excluding carboxylic acids is 3. The van der Waals surface area contributed by atoms with Crippen molar-refractivity contribution >= 4 is 23.5 Å². The summed E-state index contributed by atoms with van der Waals surface area (Å²) in [5.41, 5.74) is 1.01. The third-order valence-electron chi connectivity index (χ3n) is 4.01. The Morgan fingerprint density at radius 2 is 2.07 bits per heavy atom. The lowest BCUT2D eigenvalue weighted by atomic mass is 10.1. The summed E-state index contributed by atoms with van der Waals surface area (Å²) in [6.45, 7) is 4.95. The van der Waals surface area contributed by atoms with Gasteiger partial charge in [0.25, 0.3) is 5.91 Å². The number of carbonyl (C=O) groups is 3. The second-order valence-corrected chi connectivity index (χ2v) is 6.26. The number of rotatable bonds is 10. The molecular weight excluding hydrogens is 360 g/mol. The second-order valence-electron chi connectivity index (χ2n) is 6.26. The van der Waals surface area contributed by atoms with Crippen molar-refractivity contribution in [3.8, 4) is 0 Å². The molecule has 8 heteroatoms. The molecule has 0 spiro atoms. The van der Waals surface area contributed by atoms with Crippen molar-refractivity contribution < 1.29 is 19.1 Å². The maximum atomic E-state index is 13.0. The number of ether oxygens (including phenoxy) is 1. The minimum Gasteiger partial charge on any atom is -0.466 e. The maximum Gasteiger partial charge on any atom is 0.307 e. The molecule has 2 rings (SSSR count). The van der Waals surface area contributed by atoms with Crippen LogP contribution >= 0.6 is 0 Å². The Morgan fingerprint density at radius 3 is 2.75 bits per heavy atom. The normalized spacial score (nSPS) is 10.4. The van der Waals surface area contributed by atoms with Crippen molar-refractivity contribution in [1.29, 1.82) is 0 Å². The Bertz CT molecular complexity index is 789. The van der Waals surface area contributed by atoms with Crippen LogP contribution in [0.1, 0.15) is 37.0 Å². The van der Waals surface area contributed by atoms with Gasteiger partial charge in [0.05, 0.1) is 19.4 Å². The minimum atomic E-state index is -0.332. The monoisotopic (exact) mass is 386 g/mol. The van der Waals surface area contributed by atoms with Crippen LogP contribution in [-0.2, 0) is 20.9 Å². The van der Waals surface area contributed by atoms with Gasteiger partial charge >= 0.3 is 5.97 Å². The van der Waals surface area contributed by atoms with Gasteiger partial charge in [-0.25, -0.2) is 4.98 Å². The largest absolute Gasteiger partial charge is 0.466 e. The van der Waals surface area contributed by atoms with Gasteiger partial charge < -0.3 is 19.5 Å². The fourth-order valence-corrected chi connectivity index (χ4v) is 2.75. The van der Waals surface area contributed by atoms with E-state index < -0.39 is 0 Å². The van der Waals surface area contributed by atoms with Gasteiger partial charge in [-0.05, 0) is 31.5 Å². The number of imidazole rings is 1. The van der Waals surface area contributed by atoms with E-state index >= 15 is 0 Å². The summed E-state index contributed by atoms with van der Waals surface area (Å²) in [7, 11) is 0. The number of aromatic nitrogens is 2. The number of benzene rings is 1. The molecule has 0 saturated carbocycles. The molecule has 0 unspecified atom stereocenters. The zero-order valence-electron chi connectivity index (χ0n) is 16.3. The first-order valence-electron chi connectivity index (χ1n) is 9.28. The maximum absolute atomic E-state index is 13.0. The molecule has 0 radical (unpaired) electrons. The first-order valence-corrected chi connectivity index (χ1v) is 9.28. The van der Waals surface area contributed by atoms with Gasteiger partial charge in [-0.3, -0.25) is 14.4 Å². The van der Waals surface area contributed by atoms with E-state index in [1.807, 2.05) is 10.8 Å². The molecule has 0 fully saturated rings. The van der Waals surface area contributed by atoms with Gasteiger partial charge in [0.15, 0.2) is 0 Å². The standard InChI is InChI=1S/C20H26N4O4/c1-3-28-19(26)8-12-24(11-5-10-23-13-9-21-15-23)20(27)17-6-4-7-18(14-17)22-16(2)25/h4,6-7,9,13-15H,3,5,8,10-12H2,1-2H3,(H,22,25). The summed E-state index contributed by atoms with van der Waals surface area (Å²) in [4.78, 5) is 41.6. The Hall–Kier alpha value is -3.16. The van der Waals surface area contributed by atoms with Crippen LogP contribution in [-0.4, -0.2) is 51.9 Å². The van der Waals surface area contributed by atoms with Crippen LogP contribution in [0.5, 0.6) is 0 Å². The van der Waals surface area contributed by atoms with Crippen molar-refractivity contribution in [1.82, 2.24) is 14.5 Å². The molecule has 28 heavy (non-hydrogen) atoms. The van der Waals surface area contributed by atoms with Crippen molar-refractivity contribution in [3.05, 3.63) is 48.5 Å². The zero-order valence-corrected chi connectivity index (χ0v) is 16.3. The van der Waals surface area contributed by atoms with Gasteiger partial charge in [0.1, 0.15) is 0 Å². The van der Waals surface area contributed by atoms with E-state index in [9.17, 15) is 14.4 Å². The third-order valence-corrected chi connectivity index (χ3v) is 4.01. The molecule has 0 aliphatic rings. The zero-order chi connectivity index (χ0) is 20.4. The molecule has 8 nitrogen and oxygen atoms in total. The highest BCUT2D eigenvalue weighted by molar-refractivity contribution is 5.97. The number of esters is 1. The summed E-state index contributed by atoms with van der Waals surface area (Å²) in [5, 5.41) is 2.67. The Labute approximate surface area is 164 Å². The van der Waals surface area contributed by atoms with E-state index in [0.717, 1.165) is 13.0 Å². The second kappa shape index (κ2) is 10.9. The van der Waals surface area contributed by atoms with E-state index in [4.69, 9.17) is 4.74 Å². The van der Waals surface area contributed by atoms with Crippen LogP contribution < -0.4 is 5.32 Å². The predicted molar refractivity (Wildman–Crippen MR) is 105 cm³/mol. The summed E-state index contributed by atoms with van der Waals surface area (Å²) >= 11 is 0. The van der Waals surface area contributed by atoms with Crippen molar-refractivity contribution in [2.75, 3.05) is 25.0 Å². The van der Waals surface area contributed by atoms with Gasteiger partial charge in [-0.2, -0.15) is 0 Å². The van der Waals surface area contributed by atoms with Crippen molar-refractivity contribution in [3.63, 3.8) is 0 Å². The fourth-order valence-electron chi connectivity index (χ4n) is 2.75. The molecule has 2 aromatic rings.